The predicted octanol–water partition coefficient (Wildman–Crippen LogP) is 2.15. The van der Waals surface area contributed by atoms with Gasteiger partial charge in [-0.15, -0.1) is 0 Å². The Kier molecular flexibility index (Phi) is 5.27. The molecule has 0 saturated carbocycles. The van der Waals surface area contributed by atoms with Gasteiger partial charge < -0.3 is 5.32 Å². The Morgan fingerprint density at radius 3 is 2.82 bits per heavy atom. The molecule has 1 N–H and O–H groups in total. The van der Waals surface area contributed by atoms with Crippen molar-refractivity contribution in [3.05, 3.63) is 42.0 Å². The van der Waals surface area contributed by atoms with Crippen molar-refractivity contribution in [2.45, 2.75) is 26.3 Å². The van der Waals surface area contributed by atoms with Crippen LogP contribution in [0.2, 0.25) is 0 Å². The van der Waals surface area contributed by atoms with Gasteiger partial charge in [0.1, 0.15) is 0 Å². The highest BCUT2D eigenvalue weighted by Crippen LogP contribution is 2.21. The highest BCUT2D eigenvalue weighted by atomic mass is 16.2. The van der Waals surface area contributed by atoms with Gasteiger partial charge in [0.05, 0.1) is 17.9 Å². The number of nitrogens with one attached hydrogen (secondary N) is 1. The van der Waals surface area contributed by atoms with Crippen molar-refractivity contribution in [1.29, 1.82) is 0 Å². The van der Waals surface area contributed by atoms with Gasteiger partial charge in [-0.05, 0) is 32.0 Å². The van der Waals surface area contributed by atoms with Crippen LogP contribution in [-0.2, 0) is 11.8 Å². The molecule has 0 spiro atoms. The fourth-order valence-corrected chi connectivity index (χ4v) is 2.62. The fraction of sp³-hybridized carbons (Fsp3) is 0.438. The van der Waals surface area contributed by atoms with Gasteiger partial charge in [-0.3, -0.25) is 19.4 Å². The van der Waals surface area contributed by atoms with Gasteiger partial charge in [-0.25, -0.2) is 0 Å². The molecule has 2 aromatic rings. The van der Waals surface area contributed by atoms with E-state index in [9.17, 15) is 4.79 Å². The minimum atomic E-state index is -0.0408. The zero-order valence-electron chi connectivity index (χ0n) is 13.6. The minimum absolute atomic E-state index is 0.0408. The standard InChI is InChI=1S/C16H23N5O/c1-5-15(13-7-6-8-17-9-13)20(3)11-16(22)18-14-10-21(4)19-12(14)2/h6-10,15H,5,11H2,1-4H3,(H,18,22). The van der Waals surface area contributed by atoms with Crippen LogP contribution in [0.4, 0.5) is 5.69 Å². The first-order valence-corrected chi connectivity index (χ1v) is 7.41. The van der Waals surface area contributed by atoms with E-state index in [1.807, 2.05) is 50.4 Å². The van der Waals surface area contributed by atoms with E-state index in [2.05, 4.69) is 22.3 Å². The molecule has 118 valence electrons. The summed E-state index contributed by atoms with van der Waals surface area (Å²) in [7, 11) is 3.79. The quantitative estimate of drug-likeness (QED) is 0.888. The molecule has 2 heterocycles. The number of carbonyl (C=O) groups excluding carboxylic acids is 1. The van der Waals surface area contributed by atoms with E-state index in [0.29, 0.717) is 6.54 Å². The van der Waals surface area contributed by atoms with Gasteiger partial charge in [-0.1, -0.05) is 13.0 Å². The third kappa shape index (κ3) is 3.92. The summed E-state index contributed by atoms with van der Waals surface area (Å²) in [4.78, 5) is 18.4. The molecule has 1 unspecified atom stereocenters. The second-order valence-corrected chi connectivity index (χ2v) is 5.48. The lowest BCUT2D eigenvalue weighted by Crippen LogP contribution is -2.33. The van der Waals surface area contributed by atoms with E-state index in [0.717, 1.165) is 23.4 Å². The molecule has 0 aliphatic carbocycles. The molecule has 0 aliphatic rings. The van der Waals surface area contributed by atoms with Crippen LogP contribution in [0, 0.1) is 6.92 Å². The molecule has 0 saturated heterocycles. The Hall–Kier alpha value is -2.21. The third-order valence-corrected chi connectivity index (χ3v) is 3.67. The third-order valence-electron chi connectivity index (χ3n) is 3.67. The molecule has 1 atom stereocenters. The first kappa shape index (κ1) is 16.2. The van der Waals surface area contributed by atoms with Gasteiger partial charge in [0.2, 0.25) is 5.91 Å². The lowest BCUT2D eigenvalue weighted by atomic mass is 10.1. The number of hydrogen-bond acceptors (Lipinski definition) is 4. The maximum atomic E-state index is 12.2. The zero-order valence-corrected chi connectivity index (χ0v) is 13.6. The van der Waals surface area contributed by atoms with E-state index in [-0.39, 0.29) is 11.9 Å². The zero-order chi connectivity index (χ0) is 16.1. The molecular weight excluding hydrogens is 278 g/mol. The molecule has 0 bridgehead atoms. The molecule has 0 aliphatic heterocycles. The number of hydrogen-bond donors (Lipinski definition) is 1. The molecule has 2 aromatic heterocycles. The van der Waals surface area contributed by atoms with Crippen LogP contribution < -0.4 is 5.32 Å². The first-order valence-electron chi connectivity index (χ1n) is 7.41. The Labute approximate surface area is 131 Å². The Morgan fingerprint density at radius 1 is 1.50 bits per heavy atom. The van der Waals surface area contributed by atoms with Gasteiger partial charge in [0.25, 0.3) is 0 Å². The van der Waals surface area contributed by atoms with Crippen LogP contribution in [0.1, 0.15) is 30.6 Å². The number of aromatic nitrogens is 3. The van der Waals surface area contributed by atoms with E-state index in [1.165, 1.54) is 0 Å². The summed E-state index contributed by atoms with van der Waals surface area (Å²) in [5.74, 6) is -0.0408. The molecule has 22 heavy (non-hydrogen) atoms. The lowest BCUT2D eigenvalue weighted by Gasteiger charge is -2.26. The molecule has 0 aromatic carbocycles. The van der Waals surface area contributed by atoms with Crippen molar-refractivity contribution in [2.75, 3.05) is 18.9 Å². The largest absolute Gasteiger partial charge is 0.322 e. The average Bonchev–Trinajstić information content (AvgIpc) is 2.78. The Bertz CT molecular complexity index is 623. The fourth-order valence-electron chi connectivity index (χ4n) is 2.62. The summed E-state index contributed by atoms with van der Waals surface area (Å²) in [6.45, 7) is 4.31. The average molecular weight is 301 g/mol. The predicted molar refractivity (Wildman–Crippen MR) is 86.5 cm³/mol. The Balaban J connectivity index is 1.99. The number of pyridine rings is 1. The SMILES string of the molecule is CCC(c1cccnc1)N(C)CC(=O)Nc1cn(C)nc1C. The van der Waals surface area contributed by atoms with Crippen LogP contribution in [-0.4, -0.2) is 39.2 Å². The van der Waals surface area contributed by atoms with Crippen molar-refractivity contribution >= 4 is 11.6 Å². The molecule has 0 radical (unpaired) electrons. The molecule has 6 heteroatoms. The summed E-state index contributed by atoms with van der Waals surface area (Å²) in [5, 5.41) is 7.14. The van der Waals surface area contributed by atoms with Crippen LogP contribution in [0.5, 0.6) is 0 Å². The number of nitrogens with zero attached hydrogens (tertiary/aromatic N) is 4. The van der Waals surface area contributed by atoms with Crippen LogP contribution in [0.3, 0.4) is 0 Å². The molecule has 6 nitrogen and oxygen atoms in total. The van der Waals surface area contributed by atoms with Gasteiger partial charge in [0, 0.05) is 31.7 Å². The topological polar surface area (TPSA) is 63.1 Å². The number of amides is 1. The van der Waals surface area contributed by atoms with Crippen molar-refractivity contribution < 1.29 is 4.79 Å². The second-order valence-electron chi connectivity index (χ2n) is 5.48. The van der Waals surface area contributed by atoms with Crippen LogP contribution in [0.15, 0.2) is 30.7 Å². The number of rotatable bonds is 6. The smallest absolute Gasteiger partial charge is 0.238 e. The molecule has 2 rings (SSSR count). The highest BCUT2D eigenvalue weighted by Gasteiger charge is 2.18. The summed E-state index contributed by atoms with van der Waals surface area (Å²) in [6, 6.07) is 4.14. The van der Waals surface area contributed by atoms with Gasteiger partial charge in [0.15, 0.2) is 0 Å². The molecule has 0 fully saturated rings. The maximum Gasteiger partial charge on any atom is 0.238 e. The van der Waals surface area contributed by atoms with Crippen molar-refractivity contribution in [3.8, 4) is 0 Å². The normalized spacial score (nSPS) is 12.4. The highest BCUT2D eigenvalue weighted by molar-refractivity contribution is 5.92. The van der Waals surface area contributed by atoms with Gasteiger partial charge >= 0.3 is 0 Å². The van der Waals surface area contributed by atoms with Crippen molar-refractivity contribution in [2.24, 2.45) is 7.05 Å². The molecule has 1 amide bonds. The van der Waals surface area contributed by atoms with Crippen LogP contribution in [0.25, 0.3) is 0 Å². The summed E-state index contributed by atoms with van der Waals surface area (Å²) in [5.41, 5.74) is 2.70. The van der Waals surface area contributed by atoms with E-state index in [4.69, 9.17) is 0 Å². The lowest BCUT2D eigenvalue weighted by molar-refractivity contribution is -0.117. The van der Waals surface area contributed by atoms with E-state index < -0.39 is 0 Å². The van der Waals surface area contributed by atoms with Crippen molar-refractivity contribution in [1.82, 2.24) is 19.7 Å². The number of aryl methyl sites for hydroxylation is 2. The second kappa shape index (κ2) is 7.17. The van der Waals surface area contributed by atoms with E-state index >= 15 is 0 Å². The summed E-state index contributed by atoms with van der Waals surface area (Å²) >= 11 is 0. The Morgan fingerprint density at radius 2 is 2.27 bits per heavy atom. The minimum Gasteiger partial charge on any atom is -0.322 e. The first-order chi connectivity index (χ1) is 10.5. The number of anilines is 1. The van der Waals surface area contributed by atoms with E-state index in [1.54, 1.807) is 10.9 Å². The van der Waals surface area contributed by atoms with Crippen molar-refractivity contribution in [3.63, 3.8) is 0 Å². The van der Waals surface area contributed by atoms with Crippen LogP contribution >= 0.6 is 0 Å². The van der Waals surface area contributed by atoms with Gasteiger partial charge in [-0.2, -0.15) is 5.10 Å². The molecular formula is C16H23N5O. The monoisotopic (exact) mass is 301 g/mol. The number of likely N-dealkylation sites (N-methyl/N-ethyl adjacent to an activating group) is 1. The summed E-state index contributed by atoms with van der Waals surface area (Å²) in [6.07, 6.45) is 6.34. The number of carbonyl (C=O) groups is 1. The summed E-state index contributed by atoms with van der Waals surface area (Å²) < 4.78 is 1.69. The maximum absolute atomic E-state index is 12.2.